The van der Waals surface area contributed by atoms with Crippen LogP contribution in [0.2, 0.25) is 0 Å². The molecule has 2 heteroatoms. The Morgan fingerprint density at radius 1 is 1.60 bits per heavy atom. The van der Waals surface area contributed by atoms with Gasteiger partial charge < -0.3 is 0 Å². The van der Waals surface area contributed by atoms with Crippen LogP contribution in [0.3, 0.4) is 0 Å². The zero-order valence-electron chi connectivity index (χ0n) is 7.32. The van der Waals surface area contributed by atoms with Gasteiger partial charge in [0.05, 0.1) is 0 Å². The van der Waals surface area contributed by atoms with Gasteiger partial charge in [-0.3, -0.25) is 4.84 Å². The van der Waals surface area contributed by atoms with E-state index in [9.17, 15) is 0 Å². The van der Waals surface area contributed by atoms with E-state index >= 15 is 0 Å². The number of rotatable bonds is 4. The molecule has 0 radical (unpaired) electrons. The van der Waals surface area contributed by atoms with E-state index in [1.54, 1.807) is 0 Å². The fourth-order valence-electron chi connectivity index (χ4n) is 0.340. The minimum Gasteiger partial charge on any atom is -0.291 e. The molecule has 2 nitrogen and oxygen atoms in total. The molecule has 0 aliphatic carbocycles. The summed E-state index contributed by atoms with van der Waals surface area (Å²) in [5.74, 6) is 0. The molecule has 0 aromatic rings. The standard InChI is InChI=1S/C8H17NO/c1-6-9-10-8(4,5)7(2)3/h9H,2,6H2,1,3-5H3. The van der Waals surface area contributed by atoms with Crippen molar-refractivity contribution in [1.29, 1.82) is 0 Å². The molecule has 1 N–H and O–H groups in total. The monoisotopic (exact) mass is 143 g/mol. The SMILES string of the molecule is C=C(C)C(C)(C)ONCC. The summed E-state index contributed by atoms with van der Waals surface area (Å²) in [4.78, 5) is 5.29. The van der Waals surface area contributed by atoms with Gasteiger partial charge in [-0.2, -0.15) is 0 Å². The van der Waals surface area contributed by atoms with Crippen LogP contribution in [0.15, 0.2) is 12.2 Å². The Morgan fingerprint density at radius 2 is 2.10 bits per heavy atom. The van der Waals surface area contributed by atoms with Crippen molar-refractivity contribution >= 4 is 0 Å². The van der Waals surface area contributed by atoms with Gasteiger partial charge in [0.2, 0.25) is 0 Å². The van der Waals surface area contributed by atoms with Gasteiger partial charge in [-0.05, 0) is 26.3 Å². The molecular formula is C8H17NO. The second-order valence-corrected chi connectivity index (χ2v) is 2.89. The number of hydroxylamine groups is 1. The van der Waals surface area contributed by atoms with E-state index in [1.165, 1.54) is 0 Å². The summed E-state index contributed by atoms with van der Waals surface area (Å²) in [5, 5.41) is 0. The third-order valence-electron chi connectivity index (χ3n) is 1.50. The molecule has 0 aromatic carbocycles. The quantitative estimate of drug-likeness (QED) is 0.479. The molecule has 60 valence electrons. The Kier molecular flexibility index (Phi) is 3.61. The minimum atomic E-state index is -0.254. The molecule has 0 atom stereocenters. The summed E-state index contributed by atoms with van der Waals surface area (Å²) >= 11 is 0. The third kappa shape index (κ3) is 2.99. The molecule has 0 spiro atoms. The van der Waals surface area contributed by atoms with Crippen molar-refractivity contribution in [1.82, 2.24) is 5.48 Å². The van der Waals surface area contributed by atoms with Gasteiger partial charge in [0, 0.05) is 6.54 Å². The lowest BCUT2D eigenvalue weighted by atomic mass is 10.0. The van der Waals surface area contributed by atoms with Crippen molar-refractivity contribution in [3.63, 3.8) is 0 Å². The lowest BCUT2D eigenvalue weighted by Gasteiger charge is -2.24. The summed E-state index contributed by atoms with van der Waals surface area (Å²) in [5.41, 5.74) is 3.58. The van der Waals surface area contributed by atoms with Gasteiger partial charge >= 0.3 is 0 Å². The first-order valence-electron chi connectivity index (χ1n) is 3.57. The van der Waals surface area contributed by atoms with E-state index in [0.29, 0.717) is 0 Å². The molecule has 0 fully saturated rings. The Hall–Kier alpha value is -0.340. The molecule has 0 aromatic heterocycles. The lowest BCUT2D eigenvalue weighted by molar-refractivity contribution is -0.0584. The molecule has 0 heterocycles. The van der Waals surface area contributed by atoms with Gasteiger partial charge in [-0.1, -0.05) is 13.5 Å². The van der Waals surface area contributed by atoms with Crippen LogP contribution in [-0.4, -0.2) is 12.1 Å². The van der Waals surface area contributed by atoms with E-state index in [2.05, 4.69) is 12.1 Å². The average Bonchev–Trinajstić information content (AvgIpc) is 1.84. The predicted octanol–water partition coefficient (Wildman–Crippen LogP) is 1.88. The number of hydrogen-bond donors (Lipinski definition) is 1. The highest BCUT2D eigenvalue weighted by atomic mass is 16.7. The van der Waals surface area contributed by atoms with Crippen LogP contribution in [0.4, 0.5) is 0 Å². The zero-order chi connectivity index (χ0) is 8.20. The average molecular weight is 143 g/mol. The molecule has 0 bridgehead atoms. The summed E-state index contributed by atoms with van der Waals surface area (Å²) in [6.45, 7) is 12.5. The van der Waals surface area contributed by atoms with Gasteiger partial charge in [0.1, 0.15) is 5.60 Å². The maximum absolute atomic E-state index is 5.29. The topological polar surface area (TPSA) is 21.3 Å². The maximum Gasteiger partial charge on any atom is 0.104 e. The fourth-order valence-corrected chi connectivity index (χ4v) is 0.340. The van der Waals surface area contributed by atoms with Crippen LogP contribution < -0.4 is 5.48 Å². The normalized spacial score (nSPS) is 11.6. The first kappa shape index (κ1) is 9.66. The molecule has 0 saturated heterocycles. The molecule has 0 rings (SSSR count). The molecule has 0 aliphatic rings. The Bertz CT molecular complexity index is 118. The molecule has 0 unspecified atom stereocenters. The van der Waals surface area contributed by atoms with Crippen molar-refractivity contribution in [2.45, 2.75) is 33.3 Å². The summed E-state index contributed by atoms with van der Waals surface area (Å²) in [6.07, 6.45) is 0. The molecule has 0 saturated carbocycles. The second kappa shape index (κ2) is 3.74. The molecule has 0 amide bonds. The van der Waals surface area contributed by atoms with E-state index in [1.807, 2.05) is 27.7 Å². The highest BCUT2D eigenvalue weighted by Crippen LogP contribution is 2.16. The third-order valence-corrected chi connectivity index (χ3v) is 1.50. The van der Waals surface area contributed by atoms with Gasteiger partial charge in [0.15, 0.2) is 0 Å². The largest absolute Gasteiger partial charge is 0.291 e. The van der Waals surface area contributed by atoms with Crippen molar-refractivity contribution in [2.24, 2.45) is 0 Å². The number of hydrogen-bond acceptors (Lipinski definition) is 2. The fraction of sp³-hybridized carbons (Fsp3) is 0.750. The first-order chi connectivity index (χ1) is 4.50. The minimum absolute atomic E-state index is 0.254. The lowest BCUT2D eigenvalue weighted by Crippen LogP contribution is -2.32. The van der Waals surface area contributed by atoms with E-state index in [0.717, 1.165) is 12.1 Å². The molecular weight excluding hydrogens is 126 g/mol. The first-order valence-corrected chi connectivity index (χ1v) is 3.57. The van der Waals surface area contributed by atoms with Crippen molar-refractivity contribution in [2.75, 3.05) is 6.54 Å². The summed E-state index contributed by atoms with van der Waals surface area (Å²) in [7, 11) is 0. The Balaban J connectivity index is 3.75. The van der Waals surface area contributed by atoms with Crippen LogP contribution >= 0.6 is 0 Å². The van der Waals surface area contributed by atoms with E-state index in [-0.39, 0.29) is 5.60 Å². The van der Waals surface area contributed by atoms with Crippen LogP contribution in [0, 0.1) is 0 Å². The van der Waals surface area contributed by atoms with Crippen molar-refractivity contribution in [3.05, 3.63) is 12.2 Å². The van der Waals surface area contributed by atoms with Crippen LogP contribution in [0.5, 0.6) is 0 Å². The van der Waals surface area contributed by atoms with Gasteiger partial charge in [-0.15, -0.1) is 0 Å². The second-order valence-electron chi connectivity index (χ2n) is 2.89. The maximum atomic E-state index is 5.29. The van der Waals surface area contributed by atoms with E-state index in [4.69, 9.17) is 4.84 Å². The Morgan fingerprint density at radius 3 is 2.40 bits per heavy atom. The van der Waals surface area contributed by atoms with Crippen molar-refractivity contribution < 1.29 is 4.84 Å². The highest BCUT2D eigenvalue weighted by molar-refractivity contribution is 5.04. The van der Waals surface area contributed by atoms with Crippen LogP contribution in [0.1, 0.15) is 27.7 Å². The summed E-state index contributed by atoms with van der Waals surface area (Å²) in [6, 6.07) is 0. The number of nitrogens with one attached hydrogen (secondary N) is 1. The summed E-state index contributed by atoms with van der Waals surface area (Å²) < 4.78 is 0. The van der Waals surface area contributed by atoms with Gasteiger partial charge in [-0.25, -0.2) is 5.48 Å². The molecule has 10 heavy (non-hydrogen) atoms. The highest BCUT2D eigenvalue weighted by Gasteiger charge is 2.18. The smallest absolute Gasteiger partial charge is 0.104 e. The zero-order valence-corrected chi connectivity index (χ0v) is 7.32. The van der Waals surface area contributed by atoms with Gasteiger partial charge in [0.25, 0.3) is 0 Å². The Labute approximate surface area is 63.2 Å². The van der Waals surface area contributed by atoms with Crippen molar-refractivity contribution in [3.8, 4) is 0 Å². The molecule has 0 aliphatic heterocycles. The van der Waals surface area contributed by atoms with Crippen LogP contribution in [-0.2, 0) is 4.84 Å². The van der Waals surface area contributed by atoms with E-state index < -0.39 is 0 Å². The predicted molar refractivity (Wildman–Crippen MR) is 43.7 cm³/mol. The van der Waals surface area contributed by atoms with Crippen LogP contribution in [0.25, 0.3) is 0 Å².